The van der Waals surface area contributed by atoms with Crippen molar-refractivity contribution in [1.82, 2.24) is 9.13 Å². The van der Waals surface area contributed by atoms with Crippen molar-refractivity contribution in [3.8, 4) is 0 Å². The van der Waals surface area contributed by atoms with Gasteiger partial charge in [-0.2, -0.15) is 0 Å². The van der Waals surface area contributed by atoms with Crippen molar-refractivity contribution >= 4 is 11.5 Å². The molecule has 0 spiro atoms. The van der Waals surface area contributed by atoms with E-state index in [1.165, 1.54) is 113 Å². The predicted octanol–water partition coefficient (Wildman–Crippen LogP) is 6.45. The Hall–Kier alpha value is -1.63. The number of hydrogen-bond donors (Lipinski definition) is 0. The van der Waals surface area contributed by atoms with Crippen LogP contribution in [0.15, 0.2) is 103 Å². The molecule has 0 aliphatic heterocycles. The zero-order chi connectivity index (χ0) is 33.2. The molecule has 0 radical (unpaired) electrons. The first-order valence-electron chi connectivity index (χ1n) is 19.2. The summed E-state index contributed by atoms with van der Waals surface area (Å²) in [6, 6.07) is 33.7. The monoisotopic (exact) mass is 818 g/mol. The summed E-state index contributed by atoms with van der Waals surface area (Å²) < 4.78 is 7.68. The molecule has 2 unspecified atom stereocenters. The molecule has 2 nitrogen and oxygen atoms in total. The summed E-state index contributed by atoms with van der Waals surface area (Å²) in [5, 5.41) is 1.80. The summed E-state index contributed by atoms with van der Waals surface area (Å²) in [7, 11) is 0. The van der Waals surface area contributed by atoms with Crippen molar-refractivity contribution in [2.24, 2.45) is 0 Å². The summed E-state index contributed by atoms with van der Waals surface area (Å²) in [6.45, 7) is 3.43. The van der Waals surface area contributed by atoms with Crippen molar-refractivity contribution in [2.75, 3.05) is 0 Å². The number of halogens is 2. The third-order valence-corrected chi connectivity index (χ3v) is 19.0. The molecule has 3 aliphatic carbocycles. The summed E-state index contributed by atoms with van der Waals surface area (Å²) in [5.41, 5.74) is 6.90. The quantitative estimate of drug-likeness (QED) is 0.143. The van der Waals surface area contributed by atoms with Gasteiger partial charge in [0.25, 0.3) is 0 Å². The molecule has 3 aromatic carbocycles. The number of benzene rings is 3. The van der Waals surface area contributed by atoms with Gasteiger partial charge in [-0.1, -0.05) is 125 Å². The van der Waals surface area contributed by atoms with E-state index < -0.39 is 6.89 Å². The van der Waals surface area contributed by atoms with Crippen molar-refractivity contribution in [3.05, 3.63) is 125 Å². The molecular weight excluding hydrogens is 759 g/mol. The summed E-state index contributed by atoms with van der Waals surface area (Å²) in [6.07, 6.45) is 27.0. The second-order valence-electron chi connectivity index (χ2n) is 14.8. The van der Waals surface area contributed by atoms with E-state index in [1.807, 2.05) is 22.8 Å². The van der Waals surface area contributed by atoms with Crippen LogP contribution < -0.4 is 24.8 Å². The van der Waals surface area contributed by atoms with Crippen LogP contribution in [0.3, 0.4) is 0 Å². The number of nitrogens with zero attached hydrogens (tertiary/aromatic N) is 2. The van der Waals surface area contributed by atoms with Gasteiger partial charge in [-0.25, -0.2) is 0 Å². The van der Waals surface area contributed by atoms with Crippen LogP contribution >= 0.6 is 6.89 Å². The van der Waals surface area contributed by atoms with Gasteiger partial charge >= 0.3 is 58.4 Å². The fourth-order valence-electron chi connectivity index (χ4n) is 9.63. The first-order valence-corrected chi connectivity index (χ1v) is 22.2. The zero-order valence-corrected chi connectivity index (χ0v) is 34.5. The van der Waals surface area contributed by atoms with Gasteiger partial charge in [0.05, 0.1) is 12.1 Å². The fraction of sp³-hybridized carbons (Fsp3) is 0.500. The van der Waals surface area contributed by atoms with E-state index in [0.717, 1.165) is 17.0 Å². The van der Waals surface area contributed by atoms with Crippen molar-refractivity contribution < 1.29 is 42.7 Å². The number of rotatable bonds is 8. The number of imidazole rings is 1. The zero-order valence-electron chi connectivity index (χ0n) is 30.3. The summed E-state index contributed by atoms with van der Waals surface area (Å²) in [4.78, 5) is 0. The molecule has 6 heteroatoms. The molecule has 3 fully saturated rings. The second-order valence-corrected chi connectivity index (χ2v) is 19.6. The summed E-state index contributed by atoms with van der Waals surface area (Å²) >= 11 is 2.48. The van der Waals surface area contributed by atoms with Crippen LogP contribution in [0.1, 0.15) is 139 Å². The maximum absolute atomic E-state index is 2.83. The standard InChI is InChI=1S/C37H53N2P.C7H6.2ClH.Ru/c1-30(32-18-8-3-9-19-32)38-28-29-39(31(2)33-20-10-4-11-21-33)37(38)40(34-22-12-5-13-23-34,35-24-14-6-15-25-35)36-26-16-7-17-27-36;1-7-5-3-2-4-6-7;;;/h3-4,8-11,18-21,28-31,34-36H,5-7,12-17,22-27H2,1-2H3;1-6H;2*1H;/q;;;;+2/p-2. The average molecular weight is 819 g/mol. The van der Waals surface area contributed by atoms with E-state index in [0.29, 0.717) is 12.1 Å². The van der Waals surface area contributed by atoms with Gasteiger partial charge in [-0.3, -0.25) is 0 Å². The normalized spacial score (nSPS) is 18.8. The van der Waals surface area contributed by atoms with Crippen LogP contribution in [0.5, 0.6) is 0 Å². The minimum atomic E-state index is -1.52. The van der Waals surface area contributed by atoms with Crippen molar-refractivity contribution in [2.45, 2.75) is 139 Å². The van der Waals surface area contributed by atoms with Gasteiger partial charge in [0, 0.05) is 12.4 Å². The number of hydrogen-bond acceptors (Lipinski definition) is 0. The molecule has 0 bridgehead atoms. The fourth-order valence-corrected chi connectivity index (χ4v) is 17.7. The van der Waals surface area contributed by atoms with Crippen molar-refractivity contribution in [1.29, 1.82) is 0 Å². The first kappa shape index (κ1) is 41.1. The molecule has 0 amide bonds. The second kappa shape index (κ2) is 20.6. The van der Waals surface area contributed by atoms with Gasteiger partial charge in [-0.05, 0) is 80.5 Å². The molecule has 0 N–H and O–H groups in total. The Kier molecular flexibility index (Phi) is 16.9. The molecule has 1 heterocycles. The van der Waals surface area contributed by atoms with E-state index in [4.69, 9.17) is 0 Å². The van der Waals surface area contributed by atoms with Crippen LogP contribution in [0.2, 0.25) is 0 Å². The van der Waals surface area contributed by atoms with E-state index in [2.05, 4.69) is 126 Å². The molecule has 1 aromatic heterocycles. The Morgan fingerprint density at radius 1 is 0.520 bits per heavy atom. The minimum absolute atomic E-state index is 0. The Morgan fingerprint density at radius 2 is 0.840 bits per heavy atom. The Labute approximate surface area is 325 Å². The predicted molar refractivity (Wildman–Crippen MR) is 205 cm³/mol. The Balaban J connectivity index is 0.000000497. The van der Waals surface area contributed by atoms with E-state index in [9.17, 15) is 0 Å². The molecule has 4 aromatic rings. The third-order valence-electron chi connectivity index (χ3n) is 12.0. The molecule has 3 saturated carbocycles. The van der Waals surface area contributed by atoms with Crippen molar-refractivity contribution in [3.63, 3.8) is 0 Å². The summed E-state index contributed by atoms with van der Waals surface area (Å²) in [5.74, 6) is 0. The molecule has 272 valence electrons. The van der Waals surface area contributed by atoms with Crippen LogP contribution in [0, 0.1) is 5.20 Å². The molecule has 2 atom stereocenters. The Morgan fingerprint density at radius 3 is 1.14 bits per heavy atom. The van der Waals surface area contributed by atoms with Crippen LogP contribution in [0.25, 0.3) is 0 Å². The van der Waals surface area contributed by atoms with Gasteiger partial charge in [0.15, 0.2) is 0 Å². The van der Waals surface area contributed by atoms with Gasteiger partial charge in [0.2, 0.25) is 0 Å². The van der Waals surface area contributed by atoms with Crippen LogP contribution in [-0.4, -0.2) is 30.7 Å². The molecule has 50 heavy (non-hydrogen) atoms. The molecule has 0 saturated heterocycles. The van der Waals surface area contributed by atoms with Gasteiger partial charge in [-0.15, -0.1) is 0 Å². The van der Waals surface area contributed by atoms with Crippen LogP contribution in [-0.2, 0) is 17.9 Å². The topological polar surface area (TPSA) is 9.86 Å². The molecular formula is C44H59Cl2N2PRu. The van der Waals surface area contributed by atoms with E-state index in [1.54, 1.807) is 5.20 Å². The molecule has 3 aliphatic rings. The first-order chi connectivity index (χ1) is 23.6. The SMILES string of the molecule is CC(c1ccccc1)n1ccn(C(C)c2ccccc2)c1=P(C1CCCCC1)(C1CCCCC1)C1CCCCC1.[Cl-].[Cl-].[Ru+2]=[CH]c1ccccc1. The van der Waals surface area contributed by atoms with E-state index in [-0.39, 0.29) is 24.8 Å². The number of aromatic nitrogens is 2. The average Bonchev–Trinajstić information content (AvgIpc) is 3.62. The van der Waals surface area contributed by atoms with E-state index >= 15 is 0 Å². The van der Waals surface area contributed by atoms with Gasteiger partial charge in [0.1, 0.15) is 5.20 Å². The van der Waals surface area contributed by atoms with Gasteiger partial charge < -0.3 is 33.9 Å². The Bertz CT molecular complexity index is 1520. The molecule has 7 rings (SSSR count). The maximum atomic E-state index is 2.83. The third kappa shape index (κ3) is 9.29. The van der Waals surface area contributed by atoms with Crippen LogP contribution in [0.4, 0.5) is 0 Å².